The molecule has 4 rings (SSSR count). The number of amides is 1. The van der Waals surface area contributed by atoms with Gasteiger partial charge in [0.1, 0.15) is 11.6 Å². The van der Waals surface area contributed by atoms with E-state index < -0.39 is 0 Å². The van der Waals surface area contributed by atoms with E-state index in [4.69, 9.17) is 11.6 Å². The summed E-state index contributed by atoms with van der Waals surface area (Å²) in [4.78, 5) is 12.2. The molecule has 0 unspecified atom stereocenters. The summed E-state index contributed by atoms with van der Waals surface area (Å²) in [6.45, 7) is 2.54. The second-order valence-corrected chi connectivity index (χ2v) is 10.3. The Hall–Kier alpha value is -2.90. The van der Waals surface area contributed by atoms with Gasteiger partial charge in [0.05, 0.1) is 5.69 Å². The lowest BCUT2D eigenvalue weighted by atomic mass is 10.0. The van der Waals surface area contributed by atoms with Crippen LogP contribution >= 0.6 is 23.4 Å². The zero-order chi connectivity index (χ0) is 25.3. The number of halogens is 2. The van der Waals surface area contributed by atoms with E-state index in [0.717, 1.165) is 53.7 Å². The smallest absolute Gasteiger partial charge is 0.220 e. The van der Waals surface area contributed by atoms with Crippen LogP contribution in [0.25, 0.3) is 5.69 Å². The van der Waals surface area contributed by atoms with Gasteiger partial charge in [-0.3, -0.25) is 9.36 Å². The van der Waals surface area contributed by atoms with E-state index in [2.05, 4.69) is 39.2 Å². The van der Waals surface area contributed by atoms with Crippen molar-refractivity contribution in [1.82, 2.24) is 20.1 Å². The maximum Gasteiger partial charge on any atom is 0.220 e. The number of allylic oxidation sites excluding steroid dienone is 3. The molecule has 1 aliphatic carbocycles. The molecule has 0 aliphatic heterocycles. The van der Waals surface area contributed by atoms with Gasteiger partial charge in [-0.2, -0.15) is 0 Å². The molecule has 0 spiro atoms. The number of aromatic nitrogens is 3. The molecule has 1 amide bonds. The van der Waals surface area contributed by atoms with E-state index in [0.29, 0.717) is 24.4 Å². The molecule has 1 N–H and O–H groups in total. The van der Waals surface area contributed by atoms with Gasteiger partial charge < -0.3 is 5.32 Å². The Labute approximate surface area is 220 Å². The highest BCUT2D eigenvalue weighted by atomic mass is 35.5. The van der Waals surface area contributed by atoms with Crippen LogP contribution in [0.2, 0.25) is 5.02 Å². The summed E-state index contributed by atoms with van der Waals surface area (Å²) in [6, 6.07) is 13.9. The molecule has 2 aromatic carbocycles. The molecular weight excluding hydrogens is 495 g/mol. The molecule has 0 saturated heterocycles. The highest BCUT2D eigenvalue weighted by molar-refractivity contribution is 7.99. The van der Waals surface area contributed by atoms with Crippen LogP contribution in [0.1, 0.15) is 50.4 Å². The van der Waals surface area contributed by atoms with Crippen LogP contribution in [0.5, 0.6) is 0 Å². The third-order valence-electron chi connectivity index (χ3n) is 5.97. The fraction of sp³-hybridized carbons (Fsp3) is 0.321. The van der Waals surface area contributed by atoms with E-state index in [1.807, 2.05) is 24.3 Å². The van der Waals surface area contributed by atoms with Gasteiger partial charge in [-0.25, -0.2) is 4.39 Å². The summed E-state index contributed by atoms with van der Waals surface area (Å²) in [5.74, 6) is 1.44. The Bertz CT molecular complexity index is 1250. The Kier molecular flexibility index (Phi) is 9.36. The van der Waals surface area contributed by atoms with Gasteiger partial charge in [0.15, 0.2) is 5.16 Å². The van der Waals surface area contributed by atoms with E-state index in [-0.39, 0.29) is 11.7 Å². The third-order valence-corrected chi connectivity index (χ3v) is 7.25. The number of thioether (sulfide) groups is 1. The number of nitrogens with zero attached hydrogens (tertiary/aromatic N) is 3. The van der Waals surface area contributed by atoms with Crippen LogP contribution in [0, 0.1) is 5.82 Å². The van der Waals surface area contributed by atoms with Crippen molar-refractivity contribution >= 4 is 29.3 Å². The molecule has 1 heterocycles. The number of aryl methyl sites for hydroxylation is 1. The van der Waals surface area contributed by atoms with Crippen molar-refractivity contribution in [1.29, 1.82) is 0 Å². The predicted molar refractivity (Wildman–Crippen MR) is 144 cm³/mol. The van der Waals surface area contributed by atoms with Gasteiger partial charge in [0.25, 0.3) is 0 Å². The molecule has 0 atom stereocenters. The van der Waals surface area contributed by atoms with Crippen LogP contribution in [0.4, 0.5) is 4.39 Å². The molecular formula is C28H30ClFN4OS. The molecule has 0 fully saturated rings. The molecule has 8 heteroatoms. The second-order valence-electron chi connectivity index (χ2n) is 8.90. The van der Waals surface area contributed by atoms with E-state index in [1.54, 1.807) is 23.9 Å². The first-order chi connectivity index (χ1) is 17.5. The number of rotatable bonds is 11. The van der Waals surface area contributed by atoms with Crippen molar-refractivity contribution in [3.05, 3.63) is 94.1 Å². The summed E-state index contributed by atoms with van der Waals surface area (Å²) in [6.07, 6.45) is 9.36. The van der Waals surface area contributed by atoms with E-state index in [1.165, 1.54) is 23.3 Å². The first kappa shape index (κ1) is 26.2. The number of unbranched alkanes of at least 4 members (excludes halogenated alkanes) is 1. The lowest BCUT2D eigenvalue weighted by Crippen LogP contribution is -2.22. The largest absolute Gasteiger partial charge is 0.352 e. The van der Waals surface area contributed by atoms with Crippen molar-refractivity contribution in [3.8, 4) is 5.69 Å². The van der Waals surface area contributed by atoms with Crippen LogP contribution in [0.3, 0.4) is 0 Å². The monoisotopic (exact) mass is 524 g/mol. The minimum atomic E-state index is -0.282. The standard InChI is InChI=1S/C28H30ClFN4OS/c1-20-6-4-7-22(16-20)19-36-28-33-32-26(34(28)25-9-5-8-23(29)17-25)10-2-3-11-27(35)31-18-21-12-14-24(30)15-13-21/h5-6,8-9,12-17H,2-4,7,10-11,18-19H2,1H3,(H,31,35). The van der Waals surface area contributed by atoms with Crippen LogP contribution < -0.4 is 5.32 Å². The van der Waals surface area contributed by atoms with Crippen LogP contribution in [0.15, 0.2) is 77.0 Å². The molecule has 0 bridgehead atoms. The number of hydrogen-bond acceptors (Lipinski definition) is 4. The Morgan fingerprint density at radius 2 is 2.00 bits per heavy atom. The lowest BCUT2D eigenvalue weighted by Gasteiger charge is -2.13. The first-order valence-corrected chi connectivity index (χ1v) is 13.5. The predicted octanol–water partition coefficient (Wildman–Crippen LogP) is 6.85. The average Bonchev–Trinajstić information content (AvgIpc) is 3.28. The van der Waals surface area contributed by atoms with Gasteiger partial charge in [0, 0.05) is 30.2 Å². The fourth-order valence-electron chi connectivity index (χ4n) is 4.10. The van der Waals surface area contributed by atoms with Gasteiger partial charge in [0.2, 0.25) is 5.91 Å². The normalized spacial score (nSPS) is 13.3. The number of carbonyl (C=O) groups excluding carboxylic acids is 1. The first-order valence-electron chi connectivity index (χ1n) is 12.2. The SMILES string of the molecule is CC1=CCCC(CSc2nnc(CCCCC(=O)NCc3ccc(F)cc3)n2-c2cccc(Cl)c2)=C1. The molecule has 0 saturated carbocycles. The van der Waals surface area contributed by atoms with Crippen molar-refractivity contribution in [2.24, 2.45) is 0 Å². The summed E-state index contributed by atoms with van der Waals surface area (Å²) in [5, 5.41) is 13.4. The number of nitrogens with one attached hydrogen (secondary N) is 1. The summed E-state index contributed by atoms with van der Waals surface area (Å²) < 4.78 is 15.1. The average molecular weight is 525 g/mol. The van der Waals surface area contributed by atoms with Gasteiger partial charge >= 0.3 is 0 Å². The van der Waals surface area contributed by atoms with Crippen LogP contribution in [-0.4, -0.2) is 26.4 Å². The number of carbonyl (C=O) groups is 1. The van der Waals surface area contributed by atoms with Crippen molar-refractivity contribution < 1.29 is 9.18 Å². The summed E-state index contributed by atoms with van der Waals surface area (Å²) in [5.41, 5.74) is 4.54. The molecule has 1 aliphatic rings. The van der Waals surface area contributed by atoms with E-state index >= 15 is 0 Å². The fourth-order valence-corrected chi connectivity index (χ4v) is 5.26. The maximum absolute atomic E-state index is 13.0. The second kappa shape index (κ2) is 12.9. The van der Waals surface area contributed by atoms with Crippen molar-refractivity contribution in [3.63, 3.8) is 0 Å². The topological polar surface area (TPSA) is 59.8 Å². The van der Waals surface area contributed by atoms with E-state index in [9.17, 15) is 9.18 Å². The van der Waals surface area contributed by atoms with Crippen molar-refractivity contribution in [2.75, 3.05) is 5.75 Å². The Morgan fingerprint density at radius 3 is 2.78 bits per heavy atom. The number of hydrogen-bond donors (Lipinski definition) is 1. The minimum Gasteiger partial charge on any atom is -0.352 e. The highest BCUT2D eigenvalue weighted by Crippen LogP contribution is 2.28. The summed E-state index contributed by atoms with van der Waals surface area (Å²) >= 11 is 7.98. The van der Waals surface area contributed by atoms with Crippen molar-refractivity contribution in [2.45, 2.75) is 57.1 Å². The Morgan fingerprint density at radius 1 is 1.17 bits per heavy atom. The van der Waals surface area contributed by atoms with Gasteiger partial charge in [-0.05, 0) is 68.5 Å². The lowest BCUT2D eigenvalue weighted by molar-refractivity contribution is -0.121. The molecule has 5 nitrogen and oxygen atoms in total. The minimum absolute atomic E-state index is 0.0167. The molecule has 1 aromatic heterocycles. The summed E-state index contributed by atoms with van der Waals surface area (Å²) in [7, 11) is 0. The Balaban J connectivity index is 1.34. The van der Waals surface area contributed by atoms with Gasteiger partial charge in [-0.1, -0.05) is 64.9 Å². The number of benzene rings is 2. The quantitative estimate of drug-likeness (QED) is 0.220. The zero-order valence-electron chi connectivity index (χ0n) is 20.3. The molecule has 36 heavy (non-hydrogen) atoms. The molecule has 0 radical (unpaired) electrons. The zero-order valence-corrected chi connectivity index (χ0v) is 21.9. The third kappa shape index (κ3) is 7.55. The molecule has 3 aromatic rings. The highest BCUT2D eigenvalue weighted by Gasteiger charge is 2.16. The van der Waals surface area contributed by atoms with Crippen LogP contribution in [-0.2, 0) is 17.8 Å². The maximum atomic E-state index is 13.0. The molecule has 188 valence electrons. The van der Waals surface area contributed by atoms with Gasteiger partial charge in [-0.15, -0.1) is 10.2 Å².